The topological polar surface area (TPSA) is 41.6 Å². The number of nitrogens with zero attached hydrogens (tertiary/aromatic N) is 2. The molecule has 0 atom stereocenters. The van der Waals surface area contributed by atoms with Gasteiger partial charge in [0, 0.05) is 6.20 Å². The highest BCUT2D eigenvalue weighted by Gasteiger charge is 1.90. The van der Waals surface area contributed by atoms with Gasteiger partial charge in [-0.1, -0.05) is 7.43 Å². The van der Waals surface area contributed by atoms with Crippen molar-refractivity contribution in [3.05, 3.63) is 24.7 Å². The van der Waals surface area contributed by atoms with Crippen molar-refractivity contribution in [1.29, 1.82) is 0 Å². The first-order valence-electron chi connectivity index (χ1n) is 2.71. The van der Waals surface area contributed by atoms with E-state index in [9.17, 15) is 0 Å². The lowest BCUT2D eigenvalue weighted by molar-refractivity contribution is 1.30. The number of H-pyrrole nitrogens is 1. The SMILES string of the molecule is C.c1cnc2nc[nH]c2c1. The number of hydrogen-bond acceptors (Lipinski definition) is 2. The van der Waals surface area contributed by atoms with E-state index in [4.69, 9.17) is 0 Å². The number of imidazole rings is 1. The summed E-state index contributed by atoms with van der Waals surface area (Å²) in [6.45, 7) is 0. The number of aromatic amines is 1. The summed E-state index contributed by atoms with van der Waals surface area (Å²) in [5.41, 5.74) is 1.76. The summed E-state index contributed by atoms with van der Waals surface area (Å²) >= 11 is 0. The summed E-state index contributed by atoms with van der Waals surface area (Å²) < 4.78 is 0. The van der Waals surface area contributed by atoms with E-state index in [-0.39, 0.29) is 7.43 Å². The lowest BCUT2D eigenvalue weighted by Crippen LogP contribution is -1.71. The third-order valence-electron chi connectivity index (χ3n) is 1.19. The van der Waals surface area contributed by atoms with Gasteiger partial charge in [0.25, 0.3) is 0 Å². The molecule has 0 saturated heterocycles. The van der Waals surface area contributed by atoms with E-state index >= 15 is 0 Å². The third kappa shape index (κ3) is 0.857. The number of hydrogen-bond donors (Lipinski definition) is 1. The summed E-state index contributed by atoms with van der Waals surface area (Å²) in [5, 5.41) is 0. The number of fused-ring (bicyclic) bond motifs is 1. The average Bonchev–Trinajstić information content (AvgIpc) is 2.33. The largest absolute Gasteiger partial charge is 0.343 e. The van der Waals surface area contributed by atoms with Crippen LogP contribution in [0.15, 0.2) is 24.7 Å². The van der Waals surface area contributed by atoms with Gasteiger partial charge in [0.05, 0.1) is 11.8 Å². The van der Waals surface area contributed by atoms with Crippen LogP contribution >= 0.6 is 0 Å². The van der Waals surface area contributed by atoms with E-state index in [1.54, 1.807) is 12.5 Å². The predicted octanol–water partition coefficient (Wildman–Crippen LogP) is 1.59. The van der Waals surface area contributed by atoms with Gasteiger partial charge in [-0.15, -0.1) is 0 Å². The molecular formula is C7H9N3. The molecule has 2 rings (SSSR count). The minimum Gasteiger partial charge on any atom is -0.343 e. The molecule has 1 N–H and O–H groups in total. The molecule has 52 valence electrons. The van der Waals surface area contributed by atoms with Crippen molar-refractivity contribution in [3.63, 3.8) is 0 Å². The molecule has 0 bridgehead atoms. The van der Waals surface area contributed by atoms with Gasteiger partial charge in [-0.2, -0.15) is 0 Å². The van der Waals surface area contributed by atoms with Crippen molar-refractivity contribution in [3.8, 4) is 0 Å². The Labute approximate surface area is 59.1 Å². The van der Waals surface area contributed by atoms with Crippen LogP contribution in [0.3, 0.4) is 0 Å². The molecule has 0 fully saturated rings. The Balaban J connectivity index is 0.000000500. The Morgan fingerprint density at radius 1 is 1.30 bits per heavy atom. The quantitative estimate of drug-likeness (QED) is 0.596. The Kier molecular flexibility index (Phi) is 1.67. The third-order valence-corrected chi connectivity index (χ3v) is 1.19. The van der Waals surface area contributed by atoms with E-state index < -0.39 is 0 Å². The van der Waals surface area contributed by atoms with Gasteiger partial charge >= 0.3 is 0 Å². The lowest BCUT2D eigenvalue weighted by atomic mass is 10.4. The first-order chi connectivity index (χ1) is 4.47. The fraction of sp³-hybridized carbons (Fsp3) is 0.143. The maximum atomic E-state index is 4.00. The van der Waals surface area contributed by atoms with E-state index in [0.29, 0.717) is 0 Å². The minimum absolute atomic E-state index is 0. The van der Waals surface area contributed by atoms with Crippen molar-refractivity contribution in [2.75, 3.05) is 0 Å². The zero-order chi connectivity index (χ0) is 6.10. The first kappa shape index (κ1) is 6.74. The van der Waals surface area contributed by atoms with Gasteiger partial charge in [-0.05, 0) is 12.1 Å². The van der Waals surface area contributed by atoms with Gasteiger partial charge in [-0.3, -0.25) is 0 Å². The van der Waals surface area contributed by atoms with Crippen LogP contribution in [-0.2, 0) is 0 Å². The zero-order valence-electron chi connectivity index (χ0n) is 4.70. The van der Waals surface area contributed by atoms with Crippen molar-refractivity contribution >= 4 is 11.2 Å². The summed E-state index contributed by atoms with van der Waals surface area (Å²) in [5.74, 6) is 0. The highest BCUT2D eigenvalue weighted by Crippen LogP contribution is 2.01. The molecule has 0 spiro atoms. The Hall–Kier alpha value is -1.38. The standard InChI is InChI=1S/C6H5N3.CH4/c1-2-5-6(7-3-1)9-4-8-5;/h1-4H,(H,7,8,9);1H4. The molecule has 3 heteroatoms. The second kappa shape index (κ2) is 2.47. The first-order valence-corrected chi connectivity index (χ1v) is 2.71. The maximum Gasteiger partial charge on any atom is 0.177 e. The smallest absolute Gasteiger partial charge is 0.177 e. The normalized spacial score (nSPS) is 9.20. The molecule has 0 radical (unpaired) electrons. The van der Waals surface area contributed by atoms with Gasteiger partial charge < -0.3 is 4.98 Å². The summed E-state index contributed by atoms with van der Waals surface area (Å²) in [7, 11) is 0. The monoisotopic (exact) mass is 135 g/mol. The van der Waals surface area contributed by atoms with Crippen molar-refractivity contribution < 1.29 is 0 Å². The van der Waals surface area contributed by atoms with Crippen LogP contribution in [0.2, 0.25) is 0 Å². The van der Waals surface area contributed by atoms with Crippen LogP contribution in [0.5, 0.6) is 0 Å². The molecule has 0 amide bonds. The summed E-state index contributed by atoms with van der Waals surface area (Å²) in [4.78, 5) is 10.9. The van der Waals surface area contributed by atoms with Gasteiger partial charge in [0.1, 0.15) is 0 Å². The average molecular weight is 135 g/mol. The van der Waals surface area contributed by atoms with Gasteiger partial charge in [0.2, 0.25) is 0 Å². The number of aromatic nitrogens is 3. The molecule has 0 aliphatic rings. The van der Waals surface area contributed by atoms with Crippen molar-refractivity contribution in [1.82, 2.24) is 15.0 Å². The second-order valence-electron chi connectivity index (χ2n) is 1.78. The minimum atomic E-state index is 0. The van der Waals surface area contributed by atoms with Crippen LogP contribution in [0.1, 0.15) is 7.43 Å². The van der Waals surface area contributed by atoms with E-state index in [1.165, 1.54) is 0 Å². The van der Waals surface area contributed by atoms with E-state index in [2.05, 4.69) is 15.0 Å². The molecule has 10 heavy (non-hydrogen) atoms. The van der Waals surface area contributed by atoms with Crippen LogP contribution in [0, 0.1) is 0 Å². The summed E-state index contributed by atoms with van der Waals surface area (Å²) in [6, 6.07) is 3.82. The fourth-order valence-corrected chi connectivity index (χ4v) is 0.775. The number of pyridine rings is 1. The molecular weight excluding hydrogens is 126 g/mol. The molecule has 2 aromatic heterocycles. The van der Waals surface area contributed by atoms with E-state index in [1.807, 2.05) is 12.1 Å². The molecule has 0 aliphatic heterocycles. The maximum absolute atomic E-state index is 4.00. The molecule has 0 aromatic carbocycles. The van der Waals surface area contributed by atoms with Crippen LogP contribution in [0.25, 0.3) is 11.2 Å². The molecule has 2 heterocycles. The lowest BCUT2D eigenvalue weighted by Gasteiger charge is -1.80. The summed E-state index contributed by atoms with van der Waals surface area (Å²) in [6.07, 6.45) is 3.36. The van der Waals surface area contributed by atoms with Crippen LogP contribution < -0.4 is 0 Å². The highest BCUT2D eigenvalue weighted by atomic mass is 14.9. The van der Waals surface area contributed by atoms with Crippen molar-refractivity contribution in [2.45, 2.75) is 7.43 Å². The molecule has 2 aromatic rings. The molecule has 3 nitrogen and oxygen atoms in total. The zero-order valence-corrected chi connectivity index (χ0v) is 4.70. The number of nitrogens with one attached hydrogen (secondary N) is 1. The Morgan fingerprint density at radius 3 is 3.00 bits per heavy atom. The Morgan fingerprint density at radius 2 is 2.20 bits per heavy atom. The van der Waals surface area contributed by atoms with E-state index in [0.717, 1.165) is 11.2 Å². The molecule has 0 unspecified atom stereocenters. The predicted molar refractivity (Wildman–Crippen MR) is 40.6 cm³/mol. The molecule has 0 aliphatic carbocycles. The van der Waals surface area contributed by atoms with Crippen LogP contribution in [-0.4, -0.2) is 15.0 Å². The van der Waals surface area contributed by atoms with Crippen molar-refractivity contribution in [2.24, 2.45) is 0 Å². The highest BCUT2D eigenvalue weighted by molar-refractivity contribution is 5.68. The molecule has 0 saturated carbocycles. The fourth-order valence-electron chi connectivity index (χ4n) is 0.775. The number of rotatable bonds is 0. The van der Waals surface area contributed by atoms with Gasteiger partial charge in [0.15, 0.2) is 5.65 Å². The van der Waals surface area contributed by atoms with Gasteiger partial charge in [-0.25, -0.2) is 9.97 Å². The second-order valence-corrected chi connectivity index (χ2v) is 1.78. The Bertz CT molecular complexity index is 283. The van der Waals surface area contributed by atoms with Crippen LogP contribution in [0.4, 0.5) is 0 Å².